The van der Waals surface area contributed by atoms with Crippen LogP contribution in [0.1, 0.15) is 33.4 Å². The summed E-state index contributed by atoms with van der Waals surface area (Å²) in [5.74, 6) is -1.10. The van der Waals surface area contributed by atoms with E-state index in [1.165, 1.54) is 133 Å². The predicted molar refractivity (Wildman–Crippen MR) is 534 cm³/mol. The molecule has 0 radical (unpaired) electrons. The molecule has 0 saturated carbocycles. The van der Waals surface area contributed by atoms with E-state index in [4.69, 9.17) is 26.3 Å². The fourth-order valence-corrected chi connectivity index (χ4v) is 24.3. The minimum atomic E-state index is -0.454. The lowest BCUT2D eigenvalue weighted by atomic mass is 9.93. The first kappa shape index (κ1) is 85.5. The van der Waals surface area contributed by atoms with Crippen LogP contribution in [-0.2, 0) is 35.2 Å². The number of fused-ring (bicyclic) bond motifs is 15. The molecule has 0 aliphatic rings. The fourth-order valence-electron chi connectivity index (χ4n) is 17.6. The molecule has 10 heterocycles. The van der Waals surface area contributed by atoms with Crippen LogP contribution in [-0.4, -0.2) is 0 Å². The Morgan fingerprint density at radius 3 is 1.28 bits per heavy atom. The van der Waals surface area contributed by atoms with Crippen molar-refractivity contribution in [2.45, 2.75) is 34.6 Å². The van der Waals surface area contributed by atoms with Crippen LogP contribution in [0, 0.1) is 89.7 Å². The lowest BCUT2D eigenvalue weighted by Crippen LogP contribution is -2.30. The first-order valence-electron chi connectivity index (χ1n) is 41.9. The standard InChI is InChI=1S/2C26H19N2S.3C20H14FN2S/c1-17-15-21(18-9-5-4-6-10-18)25-20-13-12-19(27-2)16-23(20)29-26(25)24(17)22-11-7-8-14-28(22)3;1-17-12-13-21-20-10-7-11-22(27-2)25(20)29-26(21)24(17)23-16-19(14-15-28(23)3)18-8-5-4-6-9-18;1-12-7-8-13-14-9-10-15(22-2)18(21)20(14)24-19(13)17(12)16-6-4-5-11-23(16)3;1-12-7-8-13-14-10-15(21)16(22-2)11-18(14)24-20(13)19(12)17-6-4-5-9-23(17)3;1-12-10-13(11-22)18-14-6-5-7-15(21)19(14)24-20(18)17(12)16-8-3-4-9-23(16)2/h2*4-16H,1,3H3;2*4-11H,1,3H3;3-10H,1-2H3/q5*+1. The number of aryl methyl sites for hydroxylation is 10. The molecule has 0 spiro atoms. The number of hydrogen-bond acceptors (Lipinski definition) is 6. The zero-order valence-corrected chi connectivity index (χ0v) is 76.6. The third-order valence-corrected chi connectivity index (χ3v) is 30.1. The average molecular weight is 1780 g/mol. The highest BCUT2D eigenvalue weighted by Crippen LogP contribution is 2.51. The van der Waals surface area contributed by atoms with E-state index in [0.29, 0.717) is 20.7 Å². The van der Waals surface area contributed by atoms with Crippen LogP contribution in [0.4, 0.5) is 35.9 Å². The number of benzene rings is 12. The van der Waals surface area contributed by atoms with E-state index in [-0.39, 0.29) is 17.2 Å². The molecule has 130 heavy (non-hydrogen) atoms. The summed E-state index contributed by atoms with van der Waals surface area (Å²) in [6, 6.07) is 92.9. The van der Waals surface area contributed by atoms with Crippen molar-refractivity contribution in [1.29, 1.82) is 5.26 Å². The molecular weight excluding hydrogens is 1700 g/mol. The smallest absolute Gasteiger partial charge is 0.223 e. The third-order valence-electron chi connectivity index (χ3n) is 24.0. The van der Waals surface area contributed by atoms with E-state index >= 15 is 0 Å². The molecule has 12 aromatic carbocycles. The molecule has 0 amide bonds. The number of hydrogen-bond donors (Lipinski definition) is 0. The van der Waals surface area contributed by atoms with Gasteiger partial charge in [-0.2, -0.15) is 5.26 Å². The zero-order valence-electron chi connectivity index (χ0n) is 72.5. The maximum atomic E-state index is 14.6. The van der Waals surface area contributed by atoms with Crippen molar-refractivity contribution in [2.75, 3.05) is 0 Å². The van der Waals surface area contributed by atoms with Crippen LogP contribution in [0.3, 0.4) is 0 Å². The quantitative estimate of drug-likeness (QED) is 0.116. The number of halogens is 3. The molecule has 0 aliphatic heterocycles. The highest BCUT2D eigenvalue weighted by molar-refractivity contribution is 7.28. The van der Waals surface area contributed by atoms with Crippen molar-refractivity contribution in [2.24, 2.45) is 35.2 Å². The molecule has 0 bridgehead atoms. The van der Waals surface area contributed by atoms with Gasteiger partial charge in [-0.15, -0.1) is 56.7 Å². The van der Waals surface area contributed by atoms with Crippen molar-refractivity contribution in [3.05, 3.63) is 400 Å². The normalized spacial score (nSPS) is 11.1. The van der Waals surface area contributed by atoms with Crippen molar-refractivity contribution >= 4 is 180 Å². The van der Waals surface area contributed by atoms with Gasteiger partial charge in [0.25, 0.3) is 0 Å². The van der Waals surface area contributed by atoms with E-state index in [9.17, 15) is 18.4 Å². The maximum absolute atomic E-state index is 14.6. The van der Waals surface area contributed by atoms with E-state index in [1.807, 2.05) is 144 Å². The van der Waals surface area contributed by atoms with Gasteiger partial charge in [0.1, 0.15) is 52.7 Å². The Kier molecular flexibility index (Phi) is 23.6. The Balaban J connectivity index is 0.000000110. The van der Waals surface area contributed by atoms with Crippen LogP contribution >= 0.6 is 56.7 Å². The second-order valence-electron chi connectivity index (χ2n) is 32.1. The lowest BCUT2D eigenvalue weighted by Gasteiger charge is -2.11. The number of pyridine rings is 5. The summed E-state index contributed by atoms with van der Waals surface area (Å²) in [6.45, 7) is 39.7. The molecule has 10 aromatic heterocycles. The third kappa shape index (κ3) is 15.6. The Morgan fingerprint density at radius 1 is 0.285 bits per heavy atom. The van der Waals surface area contributed by atoms with Gasteiger partial charge in [-0.3, -0.25) is 0 Å². The van der Waals surface area contributed by atoms with E-state index in [1.54, 1.807) is 52.2 Å². The molecule has 10 nitrogen and oxygen atoms in total. The average Bonchev–Trinajstić information content (AvgIpc) is 1.53. The van der Waals surface area contributed by atoms with Crippen LogP contribution in [0.25, 0.3) is 199 Å². The van der Waals surface area contributed by atoms with Gasteiger partial charge >= 0.3 is 0 Å². The largest absolute Gasteiger partial charge is 0.238 e. The Hall–Kier alpha value is -15.3. The topological polar surface area (TPSA) is 60.6 Å². The summed E-state index contributed by atoms with van der Waals surface area (Å²) in [6.07, 6.45) is 10.3. The number of nitrogens with zero attached hydrogens (tertiary/aromatic N) is 10. The minimum Gasteiger partial charge on any atom is -0.238 e. The first-order chi connectivity index (χ1) is 63.2. The molecule has 624 valence electrons. The summed E-state index contributed by atoms with van der Waals surface area (Å²) in [5.41, 5.74) is 24.5. The van der Waals surface area contributed by atoms with Gasteiger partial charge in [0, 0.05) is 127 Å². The summed E-state index contributed by atoms with van der Waals surface area (Å²) < 4.78 is 63.6. The molecule has 18 heteroatoms. The number of rotatable bonds is 7. The maximum Gasteiger partial charge on any atom is 0.223 e. The lowest BCUT2D eigenvalue weighted by molar-refractivity contribution is -0.660. The summed E-state index contributed by atoms with van der Waals surface area (Å²) >= 11 is 7.99. The van der Waals surface area contributed by atoms with Crippen molar-refractivity contribution in [3.63, 3.8) is 0 Å². The summed E-state index contributed by atoms with van der Waals surface area (Å²) in [5, 5.41) is 19.9. The molecular formula is C112H80F3N10S5+5. The van der Waals surface area contributed by atoms with Gasteiger partial charge in [0.15, 0.2) is 36.7 Å². The Bertz CT molecular complexity index is 8600. The van der Waals surface area contributed by atoms with Gasteiger partial charge in [-0.25, -0.2) is 55.4 Å². The Labute approximate surface area is 770 Å². The van der Waals surface area contributed by atoms with Crippen molar-refractivity contribution < 1.29 is 36.0 Å². The Morgan fingerprint density at radius 2 is 0.723 bits per heavy atom. The monoisotopic (exact) mass is 1780 g/mol. The fraction of sp³-hybridized carbons (Fsp3) is 0.0893. The molecule has 0 unspecified atom stereocenters. The van der Waals surface area contributed by atoms with Gasteiger partial charge < -0.3 is 0 Å². The summed E-state index contributed by atoms with van der Waals surface area (Å²) in [4.78, 5) is 13.9. The van der Waals surface area contributed by atoms with Gasteiger partial charge in [-0.1, -0.05) is 152 Å². The second-order valence-corrected chi connectivity index (χ2v) is 37.2. The highest BCUT2D eigenvalue weighted by Gasteiger charge is 2.29. The predicted octanol–water partition coefficient (Wildman–Crippen LogP) is 30.1. The first-order valence-corrected chi connectivity index (χ1v) is 46.0. The molecule has 0 fully saturated rings. The SMILES string of the molecule is Cc1cc(C#N)c2c(sc3c(F)cccc32)c1-c1cccc[n+]1C.[C-]#[N+]c1cc2sc3c(-c4cccc[n+]4C)c(C)ccc3c2cc1F.[C-]#[N+]c1ccc2c(c1)sc1c(-c3cccc[n+]3C)c(C)cc(-c3ccccc3)c12.[C-]#[N+]c1ccc2c(sc3c(-c4cccc[n+]4C)c(C)ccc32)c1F.[C-]#[N+]c1cccc2c1sc1c(-c3cc(-c4ccccc4)cc[n+]3C)c(C)ccc12. The molecule has 0 N–H and O–H groups in total. The van der Waals surface area contributed by atoms with Crippen molar-refractivity contribution in [3.8, 4) is 84.6 Å². The van der Waals surface area contributed by atoms with E-state index in [0.717, 1.165) is 106 Å². The van der Waals surface area contributed by atoms with Crippen LogP contribution in [0.2, 0.25) is 0 Å². The highest BCUT2D eigenvalue weighted by atomic mass is 32.1. The number of nitriles is 1. The second kappa shape index (κ2) is 35.9. The minimum absolute atomic E-state index is 0.0811. The van der Waals surface area contributed by atoms with Gasteiger partial charge in [0.2, 0.25) is 45.5 Å². The van der Waals surface area contributed by atoms with Gasteiger partial charge in [-0.05, 0) is 162 Å². The number of aromatic nitrogens is 5. The molecule has 0 aliphatic carbocycles. The van der Waals surface area contributed by atoms with E-state index in [2.05, 4.69) is 248 Å². The van der Waals surface area contributed by atoms with Crippen LogP contribution in [0.15, 0.2) is 304 Å². The van der Waals surface area contributed by atoms with Crippen LogP contribution in [0.5, 0.6) is 0 Å². The number of thiophene rings is 5. The van der Waals surface area contributed by atoms with Crippen molar-refractivity contribution in [1.82, 2.24) is 0 Å². The molecule has 0 saturated heterocycles. The molecule has 22 rings (SSSR count). The molecule has 0 atom stereocenters. The van der Waals surface area contributed by atoms with E-state index < -0.39 is 11.6 Å². The zero-order chi connectivity index (χ0) is 90.4. The molecule has 22 aromatic rings. The van der Waals surface area contributed by atoms with Gasteiger partial charge in [0.05, 0.1) is 84.5 Å². The summed E-state index contributed by atoms with van der Waals surface area (Å²) in [7, 11) is 10.2. The van der Waals surface area contributed by atoms with Crippen LogP contribution < -0.4 is 22.8 Å².